The Morgan fingerprint density at radius 1 is 0.960 bits per heavy atom. The third kappa shape index (κ3) is 5.03. The highest BCUT2D eigenvalue weighted by atomic mass is 32.2. The molecule has 1 aliphatic carbocycles. The number of phenolic OH excluding ortho intramolecular Hbond substituents is 1. The minimum absolute atomic E-state index is 0.0888. The van der Waals surface area contributed by atoms with Crippen LogP contribution in [0.5, 0.6) is 5.75 Å². The smallest absolute Gasteiger partial charge is 0.240 e. The molecule has 0 bridgehead atoms. The number of benzene rings is 1. The van der Waals surface area contributed by atoms with E-state index in [1.807, 2.05) is 0 Å². The second-order valence-electron chi connectivity index (χ2n) is 9.43. The van der Waals surface area contributed by atoms with E-state index in [9.17, 15) is 5.11 Å². The highest BCUT2D eigenvalue weighted by Crippen LogP contribution is 2.40. The summed E-state index contributed by atoms with van der Waals surface area (Å²) >= 11 is 1.79. The van der Waals surface area contributed by atoms with Gasteiger partial charge in [0.25, 0.3) is 0 Å². The minimum Gasteiger partial charge on any atom is -0.507 e. The molecule has 2 nitrogen and oxygen atoms in total. The Labute approximate surface area is 158 Å². The van der Waals surface area contributed by atoms with Crippen LogP contribution in [0.25, 0.3) is 0 Å². The van der Waals surface area contributed by atoms with Gasteiger partial charge in [-0.1, -0.05) is 59.7 Å². The van der Waals surface area contributed by atoms with Gasteiger partial charge in [-0.15, -0.1) is 0 Å². The summed E-state index contributed by atoms with van der Waals surface area (Å²) in [5, 5.41) is 12.2. The topological polar surface area (TPSA) is 34.2 Å². The fourth-order valence-electron chi connectivity index (χ4n) is 3.60. The normalized spacial score (nSPS) is 17.8. The monoisotopic (exact) mass is 362 g/mol. The maximum Gasteiger partial charge on any atom is 0.240 e. The molecule has 1 aromatic rings. The quantitative estimate of drug-likeness (QED) is 0.599. The van der Waals surface area contributed by atoms with Gasteiger partial charge in [0.15, 0.2) is 6.04 Å². The molecule has 3 heteroatoms. The molecule has 0 radical (unpaired) electrons. The summed E-state index contributed by atoms with van der Waals surface area (Å²) in [4.78, 5) is 3.80. The Hall–Kier alpha value is -0.960. The summed E-state index contributed by atoms with van der Waals surface area (Å²) < 4.78 is 0. The number of thioether (sulfide) groups is 1. The molecule has 0 aliphatic heterocycles. The SMILES string of the molecule is CSC(=[NH+]C1CCCCC1)c1cc(C(C)(C)C)c(O)c(C(C)(C)C)c1. The van der Waals surface area contributed by atoms with Crippen molar-refractivity contribution in [3.8, 4) is 5.75 Å². The van der Waals surface area contributed by atoms with Crippen LogP contribution in [0.2, 0.25) is 0 Å². The van der Waals surface area contributed by atoms with Gasteiger partial charge in [0, 0.05) is 24.0 Å². The van der Waals surface area contributed by atoms with Crippen LogP contribution in [-0.2, 0) is 10.8 Å². The molecule has 0 aromatic heterocycles. The van der Waals surface area contributed by atoms with Gasteiger partial charge in [-0.25, -0.2) is 4.99 Å². The predicted octanol–water partition coefficient (Wildman–Crippen LogP) is 4.51. The number of aromatic hydroxyl groups is 1. The Kier molecular flexibility index (Phi) is 6.30. The van der Waals surface area contributed by atoms with Crippen molar-refractivity contribution >= 4 is 16.8 Å². The molecule has 1 aliphatic rings. The first-order chi connectivity index (χ1) is 11.5. The van der Waals surface area contributed by atoms with E-state index >= 15 is 0 Å². The molecule has 0 unspecified atom stereocenters. The predicted molar refractivity (Wildman–Crippen MR) is 111 cm³/mol. The summed E-state index contributed by atoms with van der Waals surface area (Å²) in [5.74, 6) is 0.460. The summed E-state index contributed by atoms with van der Waals surface area (Å²) in [6.07, 6.45) is 8.70. The molecule has 1 saturated carbocycles. The van der Waals surface area contributed by atoms with Crippen LogP contribution in [0.4, 0.5) is 0 Å². The lowest BCUT2D eigenvalue weighted by Crippen LogP contribution is -2.79. The molecule has 2 rings (SSSR count). The molecule has 1 fully saturated rings. The second-order valence-corrected chi connectivity index (χ2v) is 10.2. The molecule has 2 N–H and O–H groups in total. The van der Waals surface area contributed by atoms with Crippen molar-refractivity contribution in [3.05, 3.63) is 28.8 Å². The zero-order valence-corrected chi connectivity index (χ0v) is 17.9. The van der Waals surface area contributed by atoms with Gasteiger partial charge in [-0.2, -0.15) is 0 Å². The number of hydrogen-bond donors (Lipinski definition) is 2. The van der Waals surface area contributed by atoms with Crippen molar-refractivity contribution < 1.29 is 10.1 Å². The van der Waals surface area contributed by atoms with Gasteiger partial charge in [0.1, 0.15) is 5.75 Å². The molecule has 0 spiro atoms. The largest absolute Gasteiger partial charge is 0.507 e. The first-order valence-electron chi connectivity index (χ1n) is 9.60. The maximum atomic E-state index is 10.9. The van der Waals surface area contributed by atoms with E-state index in [1.54, 1.807) is 11.8 Å². The van der Waals surface area contributed by atoms with E-state index in [0.717, 1.165) is 11.1 Å². The first kappa shape index (κ1) is 20.4. The highest BCUT2D eigenvalue weighted by Gasteiger charge is 2.29. The lowest BCUT2D eigenvalue weighted by molar-refractivity contribution is -0.504. The van der Waals surface area contributed by atoms with Gasteiger partial charge in [0.05, 0.1) is 5.56 Å². The third-order valence-electron chi connectivity index (χ3n) is 5.13. The van der Waals surface area contributed by atoms with Gasteiger partial charge in [-0.05, 0) is 42.1 Å². The molecule has 0 atom stereocenters. The van der Waals surface area contributed by atoms with E-state index in [2.05, 4.69) is 64.9 Å². The molecule has 0 saturated heterocycles. The number of phenols is 1. The van der Waals surface area contributed by atoms with Crippen molar-refractivity contribution in [1.82, 2.24) is 0 Å². The molecular formula is C22H36NOS+. The van der Waals surface area contributed by atoms with Crippen LogP contribution < -0.4 is 4.99 Å². The van der Waals surface area contributed by atoms with Gasteiger partial charge in [0.2, 0.25) is 5.04 Å². The Morgan fingerprint density at radius 3 is 1.84 bits per heavy atom. The highest BCUT2D eigenvalue weighted by molar-refractivity contribution is 8.13. The molecule has 140 valence electrons. The van der Waals surface area contributed by atoms with E-state index in [-0.39, 0.29) is 10.8 Å². The summed E-state index contributed by atoms with van der Waals surface area (Å²) in [7, 11) is 0. The van der Waals surface area contributed by atoms with E-state index in [0.29, 0.717) is 11.8 Å². The van der Waals surface area contributed by atoms with Crippen molar-refractivity contribution in [2.45, 2.75) is 90.5 Å². The van der Waals surface area contributed by atoms with Crippen LogP contribution in [0.1, 0.15) is 90.3 Å². The van der Waals surface area contributed by atoms with Gasteiger partial charge >= 0.3 is 0 Å². The molecular weight excluding hydrogens is 326 g/mol. The fourth-order valence-corrected chi connectivity index (χ4v) is 4.24. The van der Waals surface area contributed by atoms with Crippen molar-refractivity contribution in [3.63, 3.8) is 0 Å². The van der Waals surface area contributed by atoms with Crippen molar-refractivity contribution in [1.29, 1.82) is 0 Å². The van der Waals surface area contributed by atoms with Crippen LogP contribution in [0.3, 0.4) is 0 Å². The standard InChI is InChI=1S/C22H35NOS/c1-21(2,3)17-13-15(14-18(19(17)24)22(4,5)6)20(25-7)23-16-11-9-8-10-12-16/h13-14,16,24H,8-12H2,1-7H3/p+1. The zero-order chi connectivity index (χ0) is 18.8. The van der Waals surface area contributed by atoms with Crippen molar-refractivity contribution in [2.24, 2.45) is 0 Å². The van der Waals surface area contributed by atoms with Crippen LogP contribution in [-0.4, -0.2) is 22.4 Å². The van der Waals surface area contributed by atoms with E-state index in [4.69, 9.17) is 0 Å². The lowest BCUT2D eigenvalue weighted by atomic mass is 9.78. The number of rotatable bonds is 2. The molecule has 0 heterocycles. The summed E-state index contributed by atoms with van der Waals surface area (Å²) in [5.41, 5.74) is 3.10. The minimum atomic E-state index is -0.0888. The Bertz CT molecular complexity index is 593. The Morgan fingerprint density at radius 2 is 1.44 bits per heavy atom. The Balaban J connectivity index is 2.56. The summed E-state index contributed by atoms with van der Waals surface area (Å²) in [6.45, 7) is 13.0. The fraction of sp³-hybridized carbons (Fsp3) is 0.682. The average Bonchev–Trinajstić information content (AvgIpc) is 2.51. The van der Waals surface area contributed by atoms with Crippen molar-refractivity contribution in [2.75, 3.05) is 6.26 Å². The van der Waals surface area contributed by atoms with Crippen LogP contribution in [0.15, 0.2) is 12.1 Å². The third-order valence-corrected chi connectivity index (χ3v) is 5.89. The lowest BCUT2D eigenvalue weighted by Gasteiger charge is -2.28. The van der Waals surface area contributed by atoms with Crippen LogP contribution >= 0.6 is 11.8 Å². The second kappa shape index (κ2) is 7.73. The average molecular weight is 363 g/mol. The zero-order valence-electron chi connectivity index (χ0n) is 17.1. The van der Waals surface area contributed by atoms with Crippen LogP contribution in [0, 0.1) is 0 Å². The van der Waals surface area contributed by atoms with E-state index in [1.165, 1.54) is 42.7 Å². The number of hydrogen-bond acceptors (Lipinski definition) is 2. The molecule has 25 heavy (non-hydrogen) atoms. The number of nitrogens with one attached hydrogen (secondary N) is 1. The van der Waals surface area contributed by atoms with Gasteiger partial charge < -0.3 is 5.11 Å². The first-order valence-corrected chi connectivity index (χ1v) is 10.8. The maximum absolute atomic E-state index is 10.9. The molecule has 1 aromatic carbocycles. The molecule has 0 amide bonds. The van der Waals surface area contributed by atoms with E-state index < -0.39 is 0 Å². The summed E-state index contributed by atoms with van der Waals surface area (Å²) in [6, 6.07) is 4.96. The van der Waals surface area contributed by atoms with Gasteiger partial charge in [-0.3, -0.25) is 0 Å².